The van der Waals surface area contributed by atoms with E-state index in [9.17, 15) is 14.4 Å². The second-order valence-electron chi connectivity index (χ2n) is 8.90. The molecule has 10 heteroatoms. The smallest absolute Gasteiger partial charge is 0.340 e. The van der Waals surface area contributed by atoms with Gasteiger partial charge in [0.05, 0.1) is 36.0 Å². The van der Waals surface area contributed by atoms with Crippen LogP contribution in [0.1, 0.15) is 69.2 Å². The number of carbonyl (C=O) groups is 3. The number of hydrogen-bond acceptors (Lipinski definition) is 8. The lowest BCUT2D eigenvalue weighted by molar-refractivity contribution is 0.0377. The van der Waals surface area contributed by atoms with Gasteiger partial charge in [-0.2, -0.15) is 0 Å². The molecule has 0 spiro atoms. The first kappa shape index (κ1) is 28.8. The minimum Gasteiger partial charge on any atom is -0.465 e. The van der Waals surface area contributed by atoms with Crippen LogP contribution in [0.15, 0.2) is 54.6 Å². The SMILES string of the molecule is COC(=O)c1cc(Cc2ccccc2)sc1NC(=S)Nc1cc(C(=O)OC(C)C)cc(C(=O)OC(C)C)c1. The molecule has 3 aromatic rings. The Labute approximate surface area is 231 Å². The molecule has 0 bridgehead atoms. The van der Waals surface area contributed by atoms with Crippen LogP contribution in [0.2, 0.25) is 0 Å². The molecule has 3 rings (SSSR count). The molecule has 0 amide bonds. The summed E-state index contributed by atoms with van der Waals surface area (Å²) in [6.07, 6.45) is -0.0410. The first-order valence-electron chi connectivity index (χ1n) is 12.0. The van der Waals surface area contributed by atoms with Gasteiger partial charge < -0.3 is 24.8 Å². The average molecular weight is 555 g/mol. The van der Waals surface area contributed by atoms with Gasteiger partial charge in [-0.15, -0.1) is 11.3 Å². The number of thiocarbonyl (C=S) groups is 1. The van der Waals surface area contributed by atoms with Crippen molar-refractivity contribution in [1.29, 1.82) is 0 Å². The molecule has 1 heterocycles. The van der Waals surface area contributed by atoms with E-state index in [1.54, 1.807) is 33.8 Å². The molecule has 0 aliphatic heterocycles. The van der Waals surface area contributed by atoms with E-state index in [1.165, 1.54) is 36.6 Å². The molecular formula is C28H30N2O6S2. The van der Waals surface area contributed by atoms with Crippen LogP contribution in [0, 0.1) is 0 Å². The van der Waals surface area contributed by atoms with Gasteiger partial charge in [-0.1, -0.05) is 30.3 Å². The fourth-order valence-corrected chi connectivity index (χ4v) is 4.81. The van der Waals surface area contributed by atoms with Crippen molar-refractivity contribution < 1.29 is 28.6 Å². The lowest BCUT2D eigenvalue weighted by Crippen LogP contribution is -2.21. The van der Waals surface area contributed by atoms with Crippen molar-refractivity contribution in [2.75, 3.05) is 17.7 Å². The zero-order valence-corrected chi connectivity index (χ0v) is 23.5. The highest BCUT2D eigenvalue weighted by Gasteiger charge is 2.20. The Hall–Kier alpha value is -3.76. The maximum atomic E-state index is 12.6. The molecule has 0 atom stereocenters. The molecule has 0 radical (unpaired) electrons. The highest BCUT2D eigenvalue weighted by atomic mass is 32.1. The Kier molecular flexibility index (Phi) is 9.98. The van der Waals surface area contributed by atoms with Crippen LogP contribution in [0.4, 0.5) is 10.7 Å². The van der Waals surface area contributed by atoms with Crippen LogP contribution < -0.4 is 10.6 Å². The van der Waals surface area contributed by atoms with E-state index in [-0.39, 0.29) is 28.4 Å². The summed E-state index contributed by atoms with van der Waals surface area (Å²) in [5.74, 6) is -1.67. The number of thiophene rings is 1. The van der Waals surface area contributed by atoms with Gasteiger partial charge in [0.15, 0.2) is 5.11 Å². The molecule has 0 aliphatic rings. The molecule has 38 heavy (non-hydrogen) atoms. The summed E-state index contributed by atoms with van der Waals surface area (Å²) in [5, 5.41) is 6.70. The summed E-state index contributed by atoms with van der Waals surface area (Å²) >= 11 is 6.88. The van der Waals surface area contributed by atoms with E-state index in [0.717, 1.165) is 10.4 Å². The van der Waals surface area contributed by atoms with E-state index in [1.807, 2.05) is 30.3 Å². The normalized spacial score (nSPS) is 10.7. The van der Waals surface area contributed by atoms with Gasteiger partial charge >= 0.3 is 17.9 Å². The van der Waals surface area contributed by atoms with Crippen LogP contribution in [0.25, 0.3) is 0 Å². The van der Waals surface area contributed by atoms with Crippen LogP contribution in [-0.4, -0.2) is 42.3 Å². The molecule has 0 unspecified atom stereocenters. The Morgan fingerprint density at radius 2 is 1.42 bits per heavy atom. The van der Waals surface area contributed by atoms with Gasteiger partial charge in [0, 0.05) is 17.0 Å². The number of nitrogens with one attached hydrogen (secondary N) is 2. The second-order valence-corrected chi connectivity index (χ2v) is 10.4. The van der Waals surface area contributed by atoms with Crippen molar-refractivity contribution in [3.63, 3.8) is 0 Å². The number of rotatable bonds is 9. The van der Waals surface area contributed by atoms with Crippen molar-refractivity contribution in [1.82, 2.24) is 0 Å². The summed E-state index contributed by atoms with van der Waals surface area (Å²) in [6, 6.07) is 16.1. The van der Waals surface area contributed by atoms with Gasteiger partial charge in [0.25, 0.3) is 0 Å². The molecular weight excluding hydrogens is 524 g/mol. The largest absolute Gasteiger partial charge is 0.465 e. The van der Waals surface area contributed by atoms with E-state index in [4.69, 9.17) is 26.4 Å². The van der Waals surface area contributed by atoms with Crippen LogP contribution in [-0.2, 0) is 20.6 Å². The van der Waals surface area contributed by atoms with Gasteiger partial charge in [-0.05, 0) is 69.7 Å². The lowest BCUT2D eigenvalue weighted by atomic mass is 10.1. The van der Waals surface area contributed by atoms with E-state index in [0.29, 0.717) is 22.7 Å². The zero-order chi connectivity index (χ0) is 27.8. The van der Waals surface area contributed by atoms with Gasteiger partial charge in [0.1, 0.15) is 5.00 Å². The zero-order valence-electron chi connectivity index (χ0n) is 21.8. The molecule has 0 saturated carbocycles. The third-order valence-electron chi connectivity index (χ3n) is 4.98. The molecule has 0 aliphatic carbocycles. The summed E-state index contributed by atoms with van der Waals surface area (Å²) in [6.45, 7) is 6.94. The number of ether oxygens (including phenoxy) is 3. The number of esters is 3. The Morgan fingerprint density at radius 3 is 1.95 bits per heavy atom. The first-order valence-corrected chi connectivity index (χ1v) is 13.2. The topological polar surface area (TPSA) is 103 Å². The molecule has 200 valence electrons. The molecule has 1 aromatic heterocycles. The number of methoxy groups -OCH3 is 1. The minimum atomic E-state index is -0.585. The maximum absolute atomic E-state index is 12.6. The Bertz CT molecular complexity index is 1280. The van der Waals surface area contributed by atoms with E-state index in [2.05, 4.69) is 10.6 Å². The van der Waals surface area contributed by atoms with Gasteiger partial charge in [-0.3, -0.25) is 0 Å². The first-order chi connectivity index (χ1) is 18.0. The van der Waals surface area contributed by atoms with Crippen molar-refractivity contribution in [2.24, 2.45) is 0 Å². The quantitative estimate of drug-likeness (QED) is 0.185. The third-order valence-corrected chi connectivity index (χ3v) is 6.24. The third kappa shape index (κ3) is 8.12. The average Bonchev–Trinajstić information content (AvgIpc) is 3.24. The minimum absolute atomic E-state index is 0.154. The summed E-state index contributed by atoms with van der Waals surface area (Å²) < 4.78 is 15.5. The molecule has 8 nitrogen and oxygen atoms in total. The number of anilines is 2. The van der Waals surface area contributed by atoms with Crippen LogP contribution in [0.3, 0.4) is 0 Å². The molecule has 0 fully saturated rings. The van der Waals surface area contributed by atoms with Crippen LogP contribution in [0.5, 0.6) is 0 Å². The monoisotopic (exact) mass is 554 g/mol. The molecule has 2 aromatic carbocycles. The van der Waals surface area contributed by atoms with E-state index >= 15 is 0 Å². The Morgan fingerprint density at radius 1 is 0.842 bits per heavy atom. The summed E-state index contributed by atoms with van der Waals surface area (Å²) in [7, 11) is 1.32. The fourth-order valence-electron chi connectivity index (χ4n) is 3.45. The lowest BCUT2D eigenvalue weighted by Gasteiger charge is -2.15. The number of carbonyl (C=O) groups excluding carboxylic acids is 3. The number of benzene rings is 2. The van der Waals surface area contributed by atoms with Crippen molar-refractivity contribution in [2.45, 2.75) is 46.3 Å². The molecule has 0 saturated heterocycles. The van der Waals surface area contributed by atoms with Crippen molar-refractivity contribution in [3.05, 3.63) is 81.7 Å². The van der Waals surface area contributed by atoms with Gasteiger partial charge in [-0.25, -0.2) is 14.4 Å². The van der Waals surface area contributed by atoms with Gasteiger partial charge in [0.2, 0.25) is 0 Å². The predicted octanol–water partition coefficient (Wildman–Crippen LogP) is 6.06. The standard InChI is InChI=1S/C28H30N2O6S2/c1-16(2)35-25(31)19-12-20(26(32)36-17(3)4)14-21(13-19)29-28(37)30-24-23(27(33)34-5)15-22(38-24)11-18-9-7-6-8-10-18/h6-10,12-17H,11H2,1-5H3,(H2,29,30,37). The predicted molar refractivity (Wildman–Crippen MR) is 152 cm³/mol. The highest BCUT2D eigenvalue weighted by Crippen LogP contribution is 2.31. The van der Waals surface area contributed by atoms with Crippen molar-refractivity contribution >= 4 is 57.3 Å². The van der Waals surface area contributed by atoms with Crippen LogP contribution >= 0.6 is 23.6 Å². The maximum Gasteiger partial charge on any atom is 0.340 e. The fraction of sp³-hybridized carbons (Fsp3) is 0.286. The molecule has 2 N–H and O–H groups in total. The highest BCUT2D eigenvalue weighted by molar-refractivity contribution is 7.80. The van der Waals surface area contributed by atoms with E-state index < -0.39 is 17.9 Å². The summed E-state index contributed by atoms with van der Waals surface area (Å²) in [4.78, 5) is 38.5. The second kappa shape index (κ2) is 13.2. The summed E-state index contributed by atoms with van der Waals surface area (Å²) in [5.41, 5.74) is 2.15. The Balaban J connectivity index is 1.86. The van der Waals surface area contributed by atoms with Crippen molar-refractivity contribution in [3.8, 4) is 0 Å². The number of hydrogen-bond donors (Lipinski definition) is 2.